The highest BCUT2D eigenvalue weighted by molar-refractivity contribution is 5.88. The van der Waals surface area contributed by atoms with Crippen LogP contribution in [0.4, 0.5) is 5.69 Å². The van der Waals surface area contributed by atoms with Crippen molar-refractivity contribution >= 4 is 11.7 Å². The Kier molecular flexibility index (Phi) is 4.27. The molecule has 0 amide bonds. The molecule has 1 aromatic heterocycles. The van der Waals surface area contributed by atoms with Gasteiger partial charge in [-0.05, 0) is 19.4 Å². The van der Waals surface area contributed by atoms with E-state index < -0.39 is 10.9 Å². The second-order valence-electron chi connectivity index (χ2n) is 4.33. The summed E-state index contributed by atoms with van der Waals surface area (Å²) < 4.78 is 6.38. The summed E-state index contributed by atoms with van der Waals surface area (Å²) in [5.74, 6) is -0.528. The Hall–Kier alpha value is -2.77. The average Bonchev–Trinajstić information content (AvgIpc) is 2.81. The van der Waals surface area contributed by atoms with Crippen molar-refractivity contribution < 1.29 is 14.5 Å². The number of hydrogen-bond acceptors (Lipinski definition) is 6. The zero-order valence-corrected chi connectivity index (χ0v) is 11.6. The Morgan fingerprint density at radius 2 is 2.24 bits per heavy atom. The van der Waals surface area contributed by atoms with Gasteiger partial charge in [-0.25, -0.2) is 9.48 Å². The molecule has 0 bridgehead atoms. The van der Waals surface area contributed by atoms with E-state index >= 15 is 0 Å². The van der Waals surface area contributed by atoms with E-state index in [4.69, 9.17) is 4.74 Å². The van der Waals surface area contributed by atoms with Gasteiger partial charge in [0.2, 0.25) is 0 Å². The van der Waals surface area contributed by atoms with E-state index in [2.05, 4.69) is 10.3 Å². The van der Waals surface area contributed by atoms with E-state index in [-0.39, 0.29) is 18.0 Å². The van der Waals surface area contributed by atoms with Crippen molar-refractivity contribution in [3.8, 4) is 0 Å². The van der Waals surface area contributed by atoms with Crippen LogP contribution in [0.15, 0.2) is 24.3 Å². The molecule has 21 heavy (non-hydrogen) atoms. The van der Waals surface area contributed by atoms with Crippen molar-refractivity contribution in [2.45, 2.75) is 20.4 Å². The van der Waals surface area contributed by atoms with Gasteiger partial charge in [-0.1, -0.05) is 17.3 Å². The molecule has 0 aliphatic heterocycles. The van der Waals surface area contributed by atoms with Gasteiger partial charge in [-0.2, -0.15) is 0 Å². The topological polar surface area (TPSA) is 100 Å². The number of hydrogen-bond donors (Lipinski definition) is 0. The van der Waals surface area contributed by atoms with Gasteiger partial charge in [0.05, 0.1) is 23.8 Å². The standard InChI is InChI=1S/C13H14N4O4/c1-3-21-13(18)12-9(2)16(15-14-12)8-10-5-4-6-11(7-10)17(19)20/h4-7H,3,8H2,1-2H3. The summed E-state index contributed by atoms with van der Waals surface area (Å²) in [6, 6.07) is 6.23. The van der Waals surface area contributed by atoms with Crippen molar-refractivity contribution in [1.82, 2.24) is 15.0 Å². The fourth-order valence-electron chi connectivity index (χ4n) is 1.84. The first kappa shape index (κ1) is 14.6. The predicted octanol–water partition coefficient (Wildman–Crippen LogP) is 1.72. The summed E-state index contributed by atoms with van der Waals surface area (Å²) >= 11 is 0. The second kappa shape index (κ2) is 6.12. The monoisotopic (exact) mass is 290 g/mol. The number of nitro benzene ring substituents is 1. The molecular formula is C13H14N4O4. The molecule has 8 nitrogen and oxygen atoms in total. The summed E-state index contributed by atoms with van der Waals surface area (Å²) in [4.78, 5) is 21.9. The van der Waals surface area contributed by atoms with E-state index in [1.54, 1.807) is 26.0 Å². The molecule has 110 valence electrons. The summed E-state index contributed by atoms with van der Waals surface area (Å²) in [7, 11) is 0. The Bertz CT molecular complexity index is 681. The normalized spacial score (nSPS) is 10.4. The maximum Gasteiger partial charge on any atom is 0.360 e. The molecule has 2 aromatic rings. The smallest absolute Gasteiger partial charge is 0.360 e. The molecule has 1 aromatic carbocycles. The first-order chi connectivity index (χ1) is 10.0. The highest BCUT2D eigenvalue weighted by Gasteiger charge is 2.17. The zero-order valence-electron chi connectivity index (χ0n) is 11.6. The fraction of sp³-hybridized carbons (Fsp3) is 0.308. The minimum Gasteiger partial charge on any atom is -0.461 e. The van der Waals surface area contributed by atoms with Crippen molar-refractivity contribution in [1.29, 1.82) is 0 Å². The molecule has 0 aliphatic rings. The molecule has 0 saturated carbocycles. The number of rotatable bonds is 5. The maximum absolute atomic E-state index is 11.6. The van der Waals surface area contributed by atoms with Crippen molar-refractivity contribution in [2.75, 3.05) is 6.61 Å². The predicted molar refractivity (Wildman–Crippen MR) is 72.9 cm³/mol. The quantitative estimate of drug-likeness (QED) is 0.472. The van der Waals surface area contributed by atoms with Crippen LogP contribution in [0, 0.1) is 17.0 Å². The van der Waals surface area contributed by atoms with Gasteiger partial charge in [0.25, 0.3) is 5.69 Å². The van der Waals surface area contributed by atoms with Crippen LogP contribution in [0.25, 0.3) is 0 Å². The number of carbonyl (C=O) groups is 1. The maximum atomic E-state index is 11.6. The zero-order chi connectivity index (χ0) is 15.4. The van der Waals surface area contributed by atoms with Crippen LogP contribution in [0.2, 0.25) is 0 Å². The molecule has 8 heteroatoms. The van der Waals surface area contributed by atoms with E-state index in [1.807, 2.05) is 0 Å². The average molecular weight is 290 g/mol. The van der Waals surface area contributed by atoms with Crippen LogP contribution >= 0.6 is 0 Å². The van der Waals surface area contributed by atoms with E-state index in [1.165, 1.54) is 16.8 Å². The molecule has 0 N–H and O–H groups in total. The number of ether oxygens (including phenoxy) is 1. The third-order valence-electron chi connectivity index (χ3n) is 2.91. The summed E-state index contributed by atoms with van der Waals surface area (Å²) in [5.41, 5.74) is 1.42. The van der Waals surface area contributed by atoms with Crippen LogP contribution in [0.1, 0.15) is 28.7 Å². The van der Waals surface area contributed by atoms with E-state index in [0.717, 1.165) is 0 Å². The summed E-state index contributed by atoms with van der Waals surface area (Å²) in [5, 5.41) is 18.4. The van der Waals surface area contributed by atoms with Gasteiger partial charge in [-0.3, -0.25) is 10.1 Å². The van der Waals surface area contributed by atoms with Crippen molar-refractivity contribution in [2.24, 2.45) is 0 Å². The SMILES string of the molecule is CCOC(=O)c1nnn(Cc2cccc([N+](=O)[O-])c2)c1C. The molecule has 0 aliphatic carbocycles. The van der Waals surface area contributed by atoms with Gasteiger partial charge >= 0.3 is 5.97 Å². The van der Waals surface area contributed by atoms with Gasteiger partial charge in [0, 0.05) is 12.1 Å². The third kappa shape index (κ3) is 3.22. The lowest BCUT2D eigenvalue weighted by Crippen LogP contribution is -2.09. The molecule has 0 spiro atoms. The summed E-state index contributed by atoms with van der Waals surface area (Å²) in [6.07, 6.45) is 0. The molecule has 0 saturated heterocycles. The number of esters is 1. The minimum absolute atomic E-state index is 0.0101. The second-order valence-corrected chi connectivity index (χ2v) is 4.33. The number of benzene rings is 1. The highest BCUT2D eigenvalue weighted by atomic mass is 16.6. The van der Waals surface area contributed by atoms with Crippen LogP contribution in [-0.2, 0) is 11.3 Å². The van der Waals surface area contributed by atoms with Crippen LogP contribution in [-0.4, -0.2) is 32.5 Å². The van der Waals surface area contributed by atoms with Crippen molar-refractivity contribution in [3.05, 3.63) is 51.3 Å². The molecule has 0 radical (unpaired) electrons. The van der Waals surface area contributed by atoms with Gasteiger partial charge < -0.3 is 4.74 Å². The molecule has 0 fully saturated rings. The number of nitrogens with zero attached hydrogens (tertiary/aromatic N) is 4. The molecule has 2 rings (SSSR count). The van der Waals surface area contributed by atoms with E-state index in [0.29, 0.717) is 17.8 Å². The van der Waals surface area contributed by atoms with Crippen LogP contribution < -0.4 is 0 Å². The Morgan fingerprint density at radius 1 is 1.48 bits per heavy atom. The van der Waals surface area contributed by atoms with Gasteiger partial charge in [-0.15, -0.1) is 5.10 Å². The minimum atomic E-state index is -0.528. The largest absolute Gasteiger partial charge is 0.461 e. The number of carbonyl (C=O) groups excluding carboxylic acids is 1. The Balaban J connectivity index is 2.23. The van der Waals surface area contributed by atoms with Crippen LogP contribution in [0.5, 0.6) is 0 Å². The lowest BCUT2D eigenvalue weighted by molar-refractivity contribution is -0.384. The lowest BCUT2D eigenvalue weighted by atomic mass is 10.2. The van der Waals surface area contributed by atoms with Crippen molar-refractivity contribution in [3.63, 3.8) is 0 Å². The molecule has 1 heterocycles. The third-order valence-corrected chi connectivity index (χ3v) is 2.91. The number of nitro groups is 1. The Labute approximate surface area is 120 Å². The molecular weight excluding hydrogens is 276 g/mol. The lowest BCUT2D eigenvalue weighted by Gasteiger charge is -2.04. The van der Waals surface area contributed by atoms with Gasteiger partial charge in [0.1, 0.15) is 0 Å². The van der Waals surface area contributed by atoms with Crippen LogP contribution in [0.3, 0.4) is 0 Å². The number of aromatic nitrogens is 3. The molecule has 0 unspecified atom stereocenters. The first-order valence-corrected chi connectivity index (χ1v) is 6.33. The highest BCUT2D eigenvalue weighted by Crippen LogP contribution is 2.15. The number of non-ortho nitro benzene ring substituents is 1. The van der Waals surface area contributed by atoms with Gasteiger partial charge in [0.15, 0.2) is 5.69 Å². The molecule has 0 atom stereocenters. The Morgan fingerprint density at radius 3 is 2.90 bits per heavy atom. The fourth-order valence-corrected chi connectivity index (χ4v) is 1.84. The summed E-state index contributed by atoms with van der Waals surface area (Å²) in [6.45, 7) is 3.96. The first-order valence-electron chi connectivity index (χ1n) is 6.33. The van der Waals surface area contributed by atoms with E-state index in [9.17, 15) is 14.9 Å².